The van der Waals surface area contributed by atoms with Crippen LogP contribution < -0.4 is 0 Å². The van der Waals surface area contributed by atoms with Crippen molar-refractivity contribution in [2.75, 3.05) is 19.7 Å². The van der Waals surface area contributed by atoms with Gasteiger partial charge in [0.15, 0.2) is 6.61 Å². The van der Waals surface area contributed by atoms with Crippen LogP contribution in [0.1, 0.15) is 48.2 Å². The maximum atomic E-state index is 13.1. The van der Waals surface area contributed by atoms with Gasteiger partial charge in [0.25, 0.3) is 5.91 Å². The summed E-state index contributed by atoms with van der Waals surface area (Å²) in [7, 11) is 0. The van der Waals surface area contributed by atoms with Crippen molar-refractivity contribution in [3.05, 3.63) is 46.5 Å². The summed E-state index contributed by atoms with van der Waals surface area (Å²) in [5, 5.41) is 4.30. The lowest BCUT2D eigenvalue weighted by Crippen LogP contribution is -2.37. The average Bonchev–Trinajstić information content (AvgIpc) is 2.94. The minimum atomic E-state index is -0.698. The van der Waals surface area contributed by atoms with Gasteiger partial charge in [-0.05, 0) is 44.0 Å². The van der Waals surface area contributed by atoms with Gasteiger partial charge in [0.2, 0.25) is 0 Å². The number of aryl methyl sites for hydroxylation is 1. The fourth-order valence-electron chi connectivity index (χ4n) is 3.27. The van der Waals surface area contributed by atoms with Crippen molar-refractivity contribution in [1.82, 2.24) is 14.7 Å². The van der Waals surface area contributed by atoms with Gasteiger partial charge in [0.05, 0.1) is 11.4 Å². The molecule has 0 spiro atoms. The van der Waals surface area contributed by atoms with E-state index < -0.39 is 5.97 Å². The summed E-state index contributed by atoms with van der Waals surface area (Å²) in [6, 6.07) is 5.58. The molecule has 1 amide bonds. The van der Waals surface area contributed by atoms with Gasteiger partial charge in [-0.15, -0.1) is 0 Å². The molecule has 150 valence electrons. The molecule has 1 aromatic carbocycles. The van der Waals surface area contributed by atoms with E-state index in [-0.39, 0.29) is 29.0 Å². The zero-order chi connectivity index (χ0) is 20.1. The number of nitrogens with zero attached hydrogens (tertiary/aromatic N) is 3. The Labute approximate surface area is 168 Å². The number of likely N-dealkylation sites (tertiary alicyclic amines) is 1. The number of esters is 1. The molecule has 1 fully saturated rings. The van der Waals surface area contributed by atoms with Crippen molar-refractivity contribution in [2.45, 2.75) is 39.0 Å². The van der Waals surface area contributed by atoms with Gasteiger partial charge in [0, 0.05) is 13.1 Å². The summed E-state index contributed by atoms with van der Waals surface area (Å²) in [4.78, 5) is 26.6. The van der Waals surface area contributed by atoms with E-state index in [2.05, 4.69) is 5.10 Å². The molecule has 0 saturated carbocycles. The Hall–Kier alpha value is -2.41. The van der Waals surface area contributed by atoms with Crippen LogP contribution in [0.15, 0.2) is 24.3 Å². The number of hydrogen-bond donors (Lipinski definition) is 0. The van der Waals surface area contributed by atoms with Crippen molar-refractivity contribution in [3.63, 3.8) is 0 Å². The zero-order valence-electron chi connectivity index (χ0n) is 15.8. The van der Waals surface area contributed by atoms with Crippen LogP contribution in [0.5, 0.6) is 0 Å². The molecule has 8 heteroatoms. The topological polar surface area (TPSA) is 64.4 Å². The third-order valence-corrected chi connectivity index (χ3v) is 5.16. The first kappa shape index (κ1) is 20.3. The Morgan fingerprint density at radius 1 is 1.11 bits per heavy atom. The molecule has 0 bridgehead atoms. The molecule has 1 aromatic heterocycles. The molecule has 2 aromatic rings. The molecule has 0 atom stereocenters. The largest absolute Gasteiger partial charge is 0.452 e. The van der Waals surface area contributed by atoms with Crippen LogP contribution in [0.3, 0.4) is 0 Å². The molecule has 1 aliphatic heterocycles. The minimum absolute atomic E-state index is 0.0628. The number of benzene rings is 1. The van der Waals surface area contributed by atoms with Gasteiger partial charge < -0.3 is 9.64 Å². The third-order valence-electron chi connectivity index (χ3n) is 4.81. The molecular weight excluding hydrogens is 385 g/mol. The van der Waals surface area contributed by atoms with Gasteiger partial charge in [-0.3, -0.25) is 4.79 Å². The van der Waals surface area contributed by atoms with E-state index in [1.807, 2.05) is 0 Å². The van der Waals surface area contributed by atoms with E-state index in [0.717, 1.165) is 25.7 Å². The summed E-state index contributed by atoms with van der Waals surface area (Å²) in [6.07, 6.45) is 5.36. The fraction of sp³-hybridized carbons (Fsp3) is 0.450. The van der Waals surface area contributed by atoms with Crippen molar-refractivity contribution in [3.8, 4) is 5.69 Å². The highest BCUT2D eigenvalue weighted by Crippen LogP contribution is 2.24. The van der Waals surface area contributed by atoms with Gasteiger partial charge in [-0.2, -0.15) is 5.10 Å². The Morgan fingerprint density at radius 3 is 2.36 bits per heavy atom. The Bertz CT molecular complexity index is 843. The second-order valence-corrected chi connectivity index (χ2v) is 7.22. The summed E-state index contributed by atoms with van der Waals surface area (Å²) >= 11 is 6.31. The first-order chi connectivity index (χ1) is 13.5. The number of hydrogen-bond acceptors (Lipinski definition) is 4. The summed E-state index contributed by atoms with van der Waals surface area (Å²) in [6.45, 7) is 2.69. The van der Waals surface area contributed by atoms with E-state index in [4.69, 9.17) is 16.3 Å². The first-order valence-electron chi connectivity index (χ1n) is 9.43. The normalized spacial score (nSPS) is 15.0. The van der Waals surface area contributed by atoms with E-state index in [1.165, 1.54) is 35.4 Å². The molecule has 0 N–H and O–H groups in total. The lowest BCUT2D eigenvalue weighted by molar-refractivity contribution is -0.134. The minimum Gasteiger partial charge on any atom is -0.452 e. The van der Waals surface area contributed by atoms with Gasteiger partial charge >= 0.3 is 5.97 Å². The maximum Gasteiger partial charge on any atom is 0.343 e. The van der Waals surface area contributed by atoms with E-state index in [0.29, 0.717) is 24.5 Å². The van der Waals surface area contributed by atoms with Crippen LogP contribution in [-0.4, -0.2) is 46.3 Å². The third kappa shape index (κ3) is 4.70. The molecule has 28 heavy (non-hydrogen) atoms. The predicted molar refractivity (Wildman–Crippen MR) is 103 cm³/mol. The average molecular weight is 408 g/mol. The number of ether oxygens (including phenoxy) is 1. The summed E-state index contributed by atoms with van der Waals surface area (Å²) in [5.41, 5.74) is 0.995. The SMILES string of the molecule is Cc1nn(-c2ccc(F)cc2)c(Cl)c1C(=O)OCC(=O)N1CCCCCCC1. The van der Waals surface area contributed by atoms with E-state index in [1.54, 1.807) is 11.8 Å². The Morgan fingerprint density at radius 2 is 1.71 bits per heavy atom. The number of carbonyl (C=O) groups is 2. The van der Waals surface area contributed by atoms with Crippen molar-refractivity contribution < 1.29 is 18.7 Å². The number of rotatable bonds is 4. The standard InChI is InChI=1S/C20H23ClFN3O3/c1-14-18(19(21)25(23-14)16-9-7-15(22)8-10-16)20(27)28-13-17(26)24-11-5-3-2-4-6-12-24/h7-10H,2-6,11-13H2,1H3. The van der Waals surface area contributed by atoms with Gasteiger partial charge in [-0.25, -0.2) is 13.9 Å². The zero-order valence-corrected chi connectivity index (χ0v) is 16.5. The molecule has 0 radical (unpaired) electrons. The number of halogens is 2. The van der Waals surface area contributed by atoms with Crippen molar-refractivity contribution in [1.29, 1.82) is 0 Å². The van der Waals surface area contributed by atoms with Crippen LogP contribution in [0, 0.1) is 12.7 Å². The highest BCUT2D eigenvalue weighted by molar-refractivity contribution is 6.33. The second kappa shape index (κ2) is 9.19. The molecule has 0 unspecified atom stereocenters. The maximum absolute atomic E-state index is 13.1. The highest BCUT2D eigenvalue weighted by atomic mass is 35.5. The van der Waals surface area contributed by atoms with E-state index >= 15 is 0 Å². The van der Waals surface area contributed by atoms with Crippen molar-refractivity contribution in [2.24, 2.45) is 0 Å². The molecule has 0 aliphatic carbocycles. The van der Waals surface area contributed by atoms with Gasteiger partial charge in [-0.1, -0.05) is 30.9 Å². The predicted octanol–water partition coefficient (Wildman–Crippen LogP) is 3.92. The van der Waals surface area contributed by atoms with E-state index in [9.17, 15) is 14.0 Å². The number of carbonyl (C=O) groups excluding carboxylic acids is 2. The van der Waals surface area contributed by atoms with Crippen LogP contribution in [0.4, 0.5) is 4.39 Å². The van der Waals surface area contributed by atoms with Crippen LogP contribution in [0.2, 0.25) is 5.15 Å². The lowest BCUT2D eigenvalue weighted by Gasteiger charge is -2.24. The number of amides is 1. The van der Waals surface area contributed by atoms with Gasteiger partial charge in [0.1, 0.15) is 16.5 Å². The second-order valence-electron chi connectivity index (χ2n) is 6.86. The van der Waals surface area contributed by atoms with Crippen LogP contribution in [-0.2, 0) is 9.53 Å². The molecular formula is C20H23ClFN3O3. The quantitative estimate of drug-likeness (QED) is 0.720. The highest BCUT2D eigenvalue weighted by Gasteiger charge is 2.24. The summed E-state index contributed by atoms with van der Waals surface area (Å²) in [5.74, 6) is -1.28. The molecule has 3 rings (SSSR count). The monoisotopic (exact) mass is 407 g/mol. The molecule has 2 heterocycles. The van der Waals surface area contributed by atoms with Crippen molar-refractivity contribution >= 4 is 23.5 Å². The lowest BCUT2D eigenvalue weighted by atomic mass is 10.1. The Kier molecular flexibility index (Phi) is 6.67. The first-order valence-corrected chi connectivity index (χ1v) is 9.81. The Balaban J connectivity index is 1.67. The molecule has 1 aliphatic rings. The summed E-state index contributed by atoms with van der Waals surface area (Å²) < 4.78 is 19.7. The molecule has 1 saturated heterocycles. The van der Waals surface area contributed by atoms with Crippen LogP contribution in [0.25, 0.3) is 5.69 Å². The smallest absolute Gasteiger partial charge is 0.343 e. The fourth-order valence-corrected chi connectivity index (χ4v) is 3.62. The molecule has 6 nitrogen and oxygen atoms in total. The number of aromatic nitrogens is 2. The van der Waals surface area contributed by atoms with Crippen LogP contribution >= 0.6 is 11.6 Å².